The van der Waals surface area contributed by atoms with Crippen molar-refractivity contribution >= 4 is 12.1 Å². The summed E-state index contributed by atoms with van der Waals surface area (Å²) in [5, 5.41) is 9.10. The Morgan fingerprint density at radius 2 is 1.96 bits per heavy atom. The van der Waals surface area contributed by atoms with E-state index in [2.05, 4.69) is 6.58 Å². The number of nitrogens with zero attached hydrogens (tertiary/aromatic N) is 1. The van der Waals surface area contributed by atoms with Crippen molar-refractivity contribution in [3.05, 3.63) is 48.6 Å². The van der Waals surface area contributed by atoms with Crippen LogP contribution in [0.4, 0.5) is 4.79 Å². The molecule has 0 heterocycles. The van der Waals surface area contributed by atoms with Gasteiger partial charge < -0.3 is 14.7 Å². The summed E-state index contributed by atoms with van der Waals surface area (Å²) in [6.07, 6.45) is 1.70. The van der Waals surface area contributed by atoms with Gasteiger partial charge in [0.1, 0.15) is 6.61 Å². The third-order valence-electron chi connectivity index (χ3n) is 3.57. The highest BCUT2D eigenvalue weighted by molar-refractivity contribution is 5.71. The van der Waals surface area contributed by atoms with Gasteiger partial charge in [0.25, 0.3) is 0 Å². The van der Waals surface area contributed by atoms with Gasteiger partial charge in [-0.25, -0.2) is 4.79 Å². The molecule has 5 nitrogen and oxygen atoms in total. The lowest BCUT2D eigenvalue weighted by Gasteiger charge is -2.32. The molecular formula is C18H25NO4. The van der Waals surface area contributed by atoms with Crippen LogP contribution in [0.1, 0.15) is 32.3 Å². The lowest BCUT2D eigenvalue weighted by atomic mass is 9.99. The number of rotatable bonds is 9. The summed E-state index contributed by atoms with van der Waals surface area (Å²) in [7, 11) is 0. The van der Waals surface area contributed by atoms with Gasteiger partial charge in [0.15, 0.2) is 0 Å². The van der Waals surface area contributed by atoms with Crippen LogP contribution >= 0.6 is 0 Å². The van der Waals surface area contributed by atoms with Crippen LogP contribution in [-0.2, 0) is 16.1 Å². The molecule has 23 heavy (non-hydrogen) atoms. The van der Waals surface area contributed by atoms with Gasteiger partial charge >= 0.3 is 12.1 Å². The molecule has 1 aromatic rings. The third-order valence-corrected chi connectivity index (χ3v) is 3.57. The van der Waals surface area contributed by atoms with Crippen molar-refractivity contribution in [2.75, 3.05) is 6.54 Å². The fourth-order valence-corrected chi connectivity index (χ4v) is 2.31. The van der Waals surface area contributed by atoms with Crippen molar-refractivity contribution < 1.29 is 19.4 Å². The number of carboxylic acid groups (broad SMARTS) is 1. The summed E-state index contributed by atoms with van der Waals surface area (Å²) < 4.78 is 5.36. The quantitative estimate of drug-likeness (QED) is 0.705. The van der Waals surface area contributed by atoms with Crippen molar-refractivity contribution in [1.82, 2.24) is 4.90 Å². The molecule has 126 valence electrons. The molecule has 0 aliphatic rings. The van der Waals surface area contributed by atoms with Crippen molar-refractivity contribution in [1.29, 1.82) is 0 Å². The van der Waals surface area contributed by atoms with E-state index in [1.54, 1.807) is 6.08 Å². The van der Waals surface area contributed by atoms with Gasteiger partial charge in [0.05, 0.1) is 6.42 Å². The van der Waals surface area contributed by atoms with Crippen LogP contribution in [-0.4, -0.2) is 34.7 Å². The number of aliphatic carboxylic acids is 1. The molecular weight excluding hydrogens is 294 g/mol. The first-order chi connectivity index (χ1) is 11.0. The van der Waals surface area contributed by atoms with E-state index < -0.39 is 18.1 Å². The zero-order valence-corrected chi connectivity index (χ0v) is 13.8. The van der Waals surface area contributed by atoms with Gasteiger partial charge in [-0.15, -0.1) is 6.58 Å². The second-order valence-electron chi connectivity index (χ2n) is 5.72. The predicted molar refractivity (Wildman–Crippen MR) is 89.0 cm³/mol. The summed E-state index contributed by atoms with van der Waals surface area (Å²) in [6, 6.07) is 8.98. The molecule has 0 aromatic heterocycles. The van der Waals surface area contributed by atoms with Crippen LogP contribution in [0.25, 0.3) is 0 Å². The van der Waals surface area contributed by atoms with E-state index in [0.29, 0.717) is 13.0 Å². The predicted octanol–water partition coefficient (Wildman–Crippen LogP) is 3.70. The maximum Gasteiger partial charge on any atom is 0.410 e. The van der Waals surface area contributed by atoms with Crippen molar-refractivity contribution in [3.63, 3.8) is 0 Å². The van der Waals surface area contributed by atoms with Crippen LogP contribution in [0.3, 0.4) is 0 Å². The molecule has 0 saturated carbocycles. The van der Waals surface area contributed by atoms with Gasteiger partial charge in [-0.05, 0) is 17.9 Å². The lowest BCUT2D eigenvalue weighted by Crippen LogP contribution is -2.45. The maximum absolute atomic E-state index is 12.4. The molecule has 0 saturated heterocycles. The minimum Gasteiger partial charge on any atom is -0.481 e. The van der Waals surface area contributed by atoms with Gasteiger partial charge in [-0.1, -0.05) is 50.3 Å². The summed E-state index contributed by atoms with van der Waals surface area (Å²) in [5.74, 6) is -0.914. The maximum atomic E-state index is 12.4. The molecule has 0 spiro atoms. The van der Waals surface area contributed by atoms with Crippen LogP contribution in [0.15, 0.2) is 43.0 Å². The highest BCUT2D eigenvalue weighted by Gasteiger charge is 2.29. The van der Waals surface area contributed by atoms with Crippen LogP contribution in [0.2, 0.25) is 0 Å². The molecule has 1 N–H and O–H groups in total. The molecule has 1 aromatic carbocycles. The number of benzene rings is 1. The number of carbonyl (C=O) groups is 2. The SMILES string of the molecule is C=CCCN(C(=O)OCc1ccccc1)[C@@H](CC(=O)O)C(C)C. The number of carboxylic acids is 1. The van der Waals surface area contributed by atoms with Gasteiger partial charge in [-0.3, -0.25) is 4.79 Å². The zero-order chi connectivity index (χ0) is 17.2. The average molecular weight is 319 g/mol. The Hall–Kier alpha value is -2.30. The Bertz CT molecular complexity index is 513. The van der Waals surface area contributed by atoms with Crippen molar-refractivity contribution in [2.45, 2.75) is 39.3 Å². The van der Waals surface area contributed by atoms with E-state index >= 15 is 0 Å². The number of hydrogen-bond acceptors (Lipinski definition) is 3. The molecule has 0 bridgehead atoms. The largest absolute Gasteiger partial charge is 0.481 e. The van der Waals surface area contributed by atoms with E-state index in [4.69, 9.17) is 9.84 Å². The van der Waals surface area contributed by atoms with E-state index in [-0.39, 0.29) is 18.9 Å². The van der Waals surface area contributed by atoms with E-state index in [1.807, 2.05) is 44.2 Å². The van der Waals surface area contributed by atoms with E-state index in [1.165, 1.54) is 4.90 Å². The average Bonchev–Trinajstić information content (AvgIpc) is 2.52. The molecule has 0 aliphatic carbocycles. The first-order valence-corrected chi connectivity index (χ1v) is 7.75. The normalized spacial score (nSPS) is 11.8. The molecule has 5 heteroatoms. The van der Waals surface area contributed by atoms with Crippen LogP contribution < -0.4 is 0 Å². The van der Waals surface area contributed by atoms with Gasteiger partial charge in [0.2, 0.25) is 0 Å². The Kier molecular flexibility index (Phi) is 7.88. The molecule has 1 rings (SSSR count). The number of amides is 1. The molecule has 1 atom stereocenters. The number of carbonyl (C=O) groups excluding carboxylic acids is 1. The fraction of sp³-hybridized carbons (Fsp3) is 0.444. The minimum atomic E-state index is -0.928. The summed E-state index contributed by atoms with van der Waals surface area (Å²) in [4.78, 5) is 25.0. The lowest BCUT2D eigenvalue weighted by molar-refractivity contribution is -0.138. The smallest absolute Gasteiger partial charge is 0.410 e. The van der Waals surface area contributed by atoms with Crippen LogP contribution in [0, 0.1) is 5.92 Å². The number of ether oxygens (including phenoxy) is 1. The summed E-state index contributed by atoms with van der Waals surface area (Å²) >= 11 is 0. The number of hydrogen-bond donors (Lipinski definition) is 1. The Balaban J connectivity index is 2.79. The fourth-order valence-electron chi connectivity index (χ4n) is 2.31. The molecule has 1 amide bonds. The van der Waals surface area contributed by atoms with E-state index in [9.17, 15) is 9.59 Å². The second kappa shape index (κ2) is 9.66. The minimum absolute atomic E-state index is 0.0141. The Morgan fingerprint density at radius 3 is 2.48 bits per heavy atom. The van der Waals surface area contributed by atoms with Crippen molar-refractivity contribution in [3.8, 4) is 0 Å². The molecule has 0 fully saturated rings. The van der Waals surface area contributed by atoms with Crippen LogP contribution in [0.5, 0.6) is 0 Å². The molecule has 0 radical (unpaired) electrons. The van der Waals surface area contributed by atoms with E-state index in [0.717, 1.165) is 5.56 Å². The Morgan fingerprint density at radius 1 is 1.30 bits per heavy atom. The monoisotopic (exact) mass is 319 g/mol. The summed E-state index contributed by atoms with van der Waals surface area (Å²) in [6.45, 7) is 8.02. The second-order valence-corrected chi connectivity index (χ2v) is 5.72. The van der Waals surface area contributed by atoms with Crippen molar-refractivity contribution in [2.24, 2.45) is 5.92 Å². The first-order valence-electron chi connectivity index (χ1n) is 7.75. The molecule has 0 unspecified atom stereocenters. The molecule has 0 aliphatic heterocycles. The Labute approximate surface area is 137 Å². The summed E-state index contributed by atoms with van der Waals surface area (Å²) in [5.41, 5.74) is 0.892. The highest BCUT2D eigenvalue weighted by atomic mass is 16.6. The van der Waals surface area contributed by atoms with Gasteiger partial charge in [-0.2, -0.15) is 0 Å². The third kappa shape index (κ3) is 6.55. The first kappa shape index (κ1) is 18.7. The standard InChI is InChI=1S/C18H25NO4/c1-4-5-11-19(16(14(2)3)12-17(20)21)18(22)23-13-15-9-7-6-8-10-15/h4,6-10,14,16H,1,5,11-13H2,2-3H3,(H,20,21)/t16-/m0/s1. The highest BCUT2D eigenvalue weighted by Crippen LogP contribution is 2.17. The van der Waals surface area contributed by atoms with Gasteiger partial charge in [0, 0.05) is 12.6 Å². The topological polar surface area (TPSA) is 66.8 Å². The zero-order valence-electron chi connectivity index (χ0n) is 13.8.